The smallest absolute Gasteiger partial charge is 0.231 e. The van der Waals surface area contributed by atoms with Gasteiger partial charge in [-0.1, -0.05) is 24.9 Å². The van der Waals surface area contributed by atoms with Crippen LogP contribution in [0.3, 0.4) is 0 Å². The van der Waals surface area contributed by atoms with E-state index in [2.05, 4.69) is 5.32 Å². The van der Waals surface area contributed by atoms with Gasteiger partial charge in [0.25, 0.3) is 0 Å². The Morgan fingerprint density at radius 2 is 2.33 bits per heavy atom. The minimum absolute atomic E-state index is 0.0592. The maximum absolute atomic E-state index is 12.6. The van der Waals surface area contributed by atoms with Crippen molar-refractivity contribution in [1.82, 2.24) is 0 Å². The molecule has 2 atom stereocenters. The average molecular weight is 311 g/mol. The van der Waals surface area contributed by atoms with Crippen LogP contribution in [0, 0.1) is 5.41 Å². The fraction of sp³-hybridized carbons (Fsp3) is 0.562. The molecule has 0 aromatic heterocycles. The molecule has 1 aromatic carbocycles. The molecule has 4 nitrogen and oxygen atoms in total. The average Bonchev–Trinajstić information content (AvgIpc) is 2.79. The van der Waals surface area contributed by atoms with Gasteiger partial charge in [0.2, 0.25) is 5.91 Å². The monoisotopic (exact) mass is 310 g/mol. The van der Waals surface area contributed by atoms with Crippen molar-refractivity contribution in [1.29, 1.82) is 0 Å². The van der Waals surface area contributed by atoms with Crippen LogP contribution in [-0.2, 0) is 4.79 Å². The molecule has 0 bridgehead atoms. The number of ether oxygens (including phenoxy) is 1. The second-order valence-electron chi connectivity index (χ2n) is 5.86. The summed E-state index contributed by atoms with van der Waals surface area (Å²) in [5.41, 5.74) is 6.19. The number of carbonyl (C=O) groups is 1. The largest absolute Gasteiger partial charge is 0.491 e. The SMILES string of the molecule is CCCOc1ccc(Cl)cc1NC(=O)C1(C)CCCC1N. The molecule has 1 amide bonds. The second kappa shape index (κ2) is 6.67. The topological polar surface area (TPSA) is 64.3 Å². The van der Waals surface area contributed by atoms with Crippen LogP contribution in [0.1, 0.15) is 39.5 Å². The summed E-state index contributed by atoms with van der Waals surface area (Å²) < 4.78 is 5.66. The molecule has 3 N–H and O–H groups in total. The Kier molecular flexibility index (Phi) is 5.12. The molecule has 1 aliphatic rings. The van der Waals surface area contributed by atoms with E-state index in [1.54, 1.807) is 18.2 Å². The van der Waals surface area contributed by atoms with Crippen molar-refractivity contribution in [2.45, 2.75) is 45.6 Å². The number of anilines is 1. The van der Waals surface area contributed by atoms with E-state index in [0.29, 0.717) is 23.1 Å². The molecule has 21 heavy (non-hydrogen) atoms. The van der Waals surface area contributed by atoms with Crippen LogP contribution in [0.25, 0.3) is 0 Å². The number of amides is 1. The molecule has 0 radical (unpaired) electrons. The van der Waals surface area contributed by atoms with Crippen molar-refractivity contribution in [3.05, 3.63) is 23.2 Å². The zero-order chi connectivity index (χ0) is 15.5. The fourth-order valence-electron chi connectivity index (χ4n) is 2.68. The fourth-order valence-corrected chi connectivity index (χ4v) is 2.85. The van der Waals surface area contributed by atoms with Gasteiger partial charge in [-0.2, -0.15) is 0 Å². The van der Waals surface area contributed by atoms with Crippen molar-refractivity contribution in [2.75, 3.05) is 11.9 Å². The van der Waals surface area contributed by atoms with Gasteiger partial charge in [-0.25, -0.2) is 0 Å². The molecular formula is C16H23ClN2O2. The highest BCUT2D eigenvalue weighted by atomic mass is 35.5. The van der Waals surface area contributed by atoms with Crippen LogP contribution in [0.5, 0.6) is 5.75 Å². The maximum atomic E-state index is 12.6. The van der Waals surface area contributed by atoms with Crippen LogP contribution >= 0.6 is 11.6 Å². The van der Waals surface area contributed by atoms with E-state index >= 15 is 0 Å². The van der Waals surface area contributed by atoms with Gasteiger partial charge in [0.1, 0.15) is 5.75 Å². The van der Waals surface area contributed by atoms with Crippen LogP contribution in [0.15, 0.2) is 18.2 Å². The molecule has 2 unspecified atom stereocenters. The van der Waals surface area contributed by atoms with E-state index in [0.717, 1.165) is 25.7 Å². The van der Waals surface area contributed by atoms with Gasteiger partial charge in [-0.3, -0.25) is 4.79 Å². The summed E-state index contributed by atoms with van der Waals surface area (Å²) in [5, 5.41) is 3.51. The van der Waals surface area contributed by atoms with Gasteiger partial charge in [0.05, 0.1) is 17.7 Å². The van der Waals surface area contributed by atoms with Gasteiger partial charge < -0.3 is 15.8 Å². The number of halogens is 1. The first-order valence-electron chi connectivity index (χ1n) is 7.46. The Morgan fingerprint density at radius 1 is 1.57 bits per heavy atom. The third kappa shape index (κ3) is 3.50. The summed E-state index contributed by atoms with van der Waals surface area (Å²) >= 11 is 6.03. The highest BCUT2D eigenvalue weighted by molar-refractivity contribution is 6.31. The third-order valence-corrected chi connectivity index (χ3v) is 4.43. The molecule has 0 saturated heterocycles. The van der Waals surface area contributed by atoms with Gasteiger partial charge in [0, 0.05) is 11.1 Å². The zero-order valence-corrected chi connectivity index (χ0v) is 13.4. The minimum Gasteiger partial charge on any atom is -0.491 e. The van der Waals surface area contributed by atoms with Gasteiger partial charge in [-0.05, 0) is 44.4 Å². The number of hydrogen-bond donors (Lipinski definition) is 2. The van der Waals surface area contributed by atoms with Crippen LogP contribution in [0.2, 0.25) is 5.02 Å². The lowest BCUT2D eigenvalue weighted by molar-refractivity contribution is -0.125. The normalized spacial score (nSPS) is 24.9. The predicted molar refractivity (Wildman–Crippen MR) is 85.8 cm³/mol. The van der Waals surface area contributed by atoms with E-state index in [4.69, 9.17) is 22.1 Å². The highest BCUT2D eigenvalue weighted by Gasteiger charge is 2.43. The number of nitrogens with two attached hydrogens (primary N) is 1. The molecule has 1 saturated carbocycles. The van der Waals surface area contributed by atoms with Crippen molar-refractivity contribution < 1.29 is 9.53 Å². The predicted octanol–water partition coefficient (Wildman–Crippen LogP) is 3.58. The molecule has 1 aliphatic carbocycles. The quantitative estimate of drug-likeness (QED) is 0.873. The van der Waals surface area contributed by atoms with Crippen molar-refractivity contribution in [3.63, 3.8) is 0 Å². The highest BCUT2D eigenvalue weighted by Crippen LogP contribution is 2.39. The standard InChI is InChI=1S/C16H23ClN2O2/c1-3-9-21-13-7-6-11(17)10-12(13)19-15(20)16(2)8-4-5-14(16)18/h6-7,10,14H,3-5,8-9,18H2,1-2H3,(H,19,20). The summed E-state index contributed by atoms with van der Waals surface area (Å²) in [6.45, 7) is 4.56. The lowest BCUT2D eigenvalue weighted by Gasteiger charge is -2.28. The molecule has 116 valence electrons. The van der Waals surface area contributed by atoms with Crippen molar-refractivity contribution in [3.8, 4) is 5.75 Å². The third-order valence-electron chi connectivity index (χ3n) is 4.20. The number of hydrogen-bond acceptors (Lipinski definition) is 3. The van der Waals surface area contributed by atoms with Gasteiger partial charge in [0.15, 0.2) is 0 Å². The Morgan fingerprint density at radius 3 is 2.95 bits per heavy atom. The zero-order valence-electron chi connectivity index (χ0n) is 12.6. The number of nitrogens with one attached hydrogen (secondary N) is 1. The van der Waals surface area contributed by atoms with E-state index in [-0.39, 0.29) is 11.9 Å². The number of rotatable bonds is 5. The summed E-state index contributed by atoms with van der Waals surface area (Å²) in [5.74, 6) is 0.584. The molecule has 1 fully saturated rings. The summed E-state index contributed by atoms with van der Waals surface area (Å²) in [6, 6.07) is 5.15. The molecule has 5 heteroatoms. The van der Waals surface area contributed by atoms with E-state index < -0.39 is 5.41 Å². The Bertz CT molecular complexity index is 521. The first-order chi connectivity index (χ1) is 9.97. The summed E-state index contributed by atoms with van der Waals surface area (Å²) in [4.78, 5) is 12.6. The Labute approximate surface area is 131 Å². The molecule has 2 rings (SSSR count). The second-order valence-corrected chi connectivity index (χ2v) is 6.30. The van der Waals surface area contributed by atoms with Crippen molar-refractivity contribution in [2.24, 2.45) is 11.1 Å². The van der Waals surface area contributed by atoms with Gasteiger partial charge in [-0.15, -0.1) is 0 Å². The Hall–Kier alpha value is -1.26. The lowest BCUT2D eigenvalue weighted by Crippen LogP contribution is -2.44. The Balaban J connectivity index is 2.18. The van der Waals surface area contributed by atoms with E-state index in [1.807, 2.05) is 13.8 Å². The maximum Gasteiger partial charge on any atom is 0.231 e. The molecule has 0 spiro atoms. The molecule has 0 heterocycles. The van der Waals surface area contributed by atoms with Crippen LogP contribution in [-0.4, -0.2) is 18.6 Å². The van der Waals surface area contributed by atoms with Gasteiger partial charge >= 0.3 is 0 Å². The van der Waals surface area contributed by atoms with Crippen LogP contribution < -0.4 is 15.8 Å². The summed E-state index contributed by atoms with van der Waals surface area (Å²) in [7, 11) is 0. The molecular weight excluding hydrogens is 288 g/mol. The lowest BCUT2D eigenvalue weighted by atomic mass is 9.84. The molecule has 1 aromatic rings. The van der Waals surface area contributed by atoms with E-state index in [1.165, 1.54) is 0 Å². The van der Waals surface area contributed by atoms with Crippen molar-refractivity contribution >= 4 is 23.2 Å². The first kappa shape index (κ1) is 16.1. The minimum atomic E-state index is -0.523. The summed E-state index contributed by atoms with van der Waals surface area (Å²) in [6.07, 6.45) is 3.59. The van der Waals surface area contributed by atoms with E-state index in [9.17, 15) is 4.79 Å². The molecule has 0 aliphatic heterocycles. The number of benzene rings is 1. The first-order valence-corrected chi connectivity index (χ1v) is 7.84. The van der Waals surface area contributed by atoms with Crippen LogP contribution in [0.4, 0.5) is 5.69 Å². The number of carbonyl (C=O) groups excluding carboxylic acids is 1.